The first-order valence-electron chi connectivity index (χ1n) is 9.85. The van der Waals surface area contributed by atoms with Crippen molar-refractivity contribution in [3.8, 4) is 17.1 Å². The SMILES string of the molecule is COc1cccc(-c2nnc(SCC(=O)N(C3=CCCCC3)C3CC3)n2C)c1. The van der Waals surface area contributed by atoms with E-state index in [4.69, 9.17) is 4.74 Å². The molecule has 148 valence electrons. The number of thioether (sulfide) groups is 1. The van der Waals surface area contributed by atoms with Crippen molar-refractivity contribution in [2.75, 3.05) is 12.9 Å². The Bertz CT molecular complexity index is 888. The molecular formula is C21H26N4O2S. The van der Waals surface area contributed by atoms with E-state index in [1.54, 1.807) is 7.11 Å². The molecule has 2 aromatic rings. The summed E-state index contributed by atoms with van der Waals surface area (Å²) in [6, 6.07) is 8.17. The third-order valence-electron chi connectivity index (χ3n) is 5.24. The fourth-order valence-electron chi connectivity index (χ4n) is 3.62. The van der Waals surface area contributed by atoms with Gasteiger partial charge in [-0.15, -0.1) is 10.2 Å². The van der Waals surface area contributed by atoms with Crippen LogP contribution in [0.3, 0.4) is 0 Å². The third kappa shape index (κ3) is 4.09. The highest BCUT2D eigenvalue weighted by molar-refractivity contribution is 7.99. The standard InChI is InChI=1S/C21H26N4O2S/c1-24-20(15-7-6-10-18(13-15)27-2)22-23-21(24)28-14-19(26)25(17-11-12-17)16-8-4-3-5-9-16/h6-8,10,13,17H,3-5,9,11-12,14H2,1-2H3. The van der Waals surface area contributed by atoms with Gasteiger partial charge in [0.1, 0.15) is 5.75 Å². The van der Waals surface area contributed by atoms with Crippen LogP contribution in [0.4, 0.5) is 0 Å². The molecule has 1 aromatic heterocycles. The molecule has 0 bridgehead atoms. The van der Waals surface area contributed by atoms with Crippen LogP contribution in [0.5, 0.6) is 5.75 Å². The first-order valence-corrected chi connectivity index (χ1v) is 10.8. The van der Waals surface area contributed by atoms with Crippen LogP contribution in [0.2, 0.25) is 0 Å². The van der Waals surface area contributed by atoms with E-state index in [1.807, 2.05) is 35.9 Å². The zero-order valence-electron chi connectivity index (χ0n) is 16.4. The van der Waals surface area contributed by atoms with Gasteiger partial charge in [0.05, 0.1) is 12.9 Å². The van der Waals surface area contributed by atoms with E-state index in [0.717, 1.165) is 48.0 Å². The number of aromatic nitrogens is 3. The maximum atomic E-state index is 13.0. The smallest absolute Gasteiger partial charge is 0.237 e. The number of nitrogens with zero attached hydrogens (tertiary/aromatic N) is 4. The summed E-state index contributed by atoms with van der Waals surface area (Å²) in [5.41, 5.74) is 2.17. The average Bonchev–Trinajstić information content (AvgIpc) is 3.49. The lowest BCUT2D eigenvalue weighted by atomic mass is 10.0. The van der Waals surface area contributed by atoms with Gasteiger partial charge in [0.15, 0.2) is 11.0 Å². The van der Waals surface area contributed by atoms with Crippen LogP contribution >= 0.6 is 11.8 Å². The highest BCUT2D eigenvalue weighted by Crippen LogP contribution is 2.34. The number of carbonyl (C=O) groups excluding carboxylic acids is 1. The van der Waals surface area contributed by atoms with E-state index >= 15 is 0 Å². The predicted molar refractivity (Wildman–Crippen MR) is 110 cm³/mol. The molecule has 0 aliphatic heterocycles. The molecular weight excluding hydrogens is 372 g/mol. The molecule has 0 radical (unpaired) electrons. The lowest BCUT2D eigenvalue weighted by Crippen LogP contribution is -2.34. The summed E-state index contributed by atoms with van der Waals surface area (Å²) < 4.78 is 7.23. The molecule has 28 heavy (non-hydrogen) atoms. The van der Waals surface area contributed by atoms with Gasteiger partial charge in [0, 0.05) is 24.4 Å². The van der Waals surface area contributed by atoms with Crippen molar-refractivity contribution in [2.24, 2.45) is 7.05 Å². The van der Waals surface area contributed by atoms with Crippen LogP contribution < -0.4 is 4.74 Å². The van der Waals surface area contributed by atoms with Gasteiger partial charge < -0.3 is 14.2 Å². The monoisotopic (exact) mass is 398 g/mol. The second-order valence-electron chi connectivity index (χ2n) is 7.32. The third-order valence-corrected chi connectivity index (χ3v) is 6.25. The Labute approximate surface area is 170 Å². The zero-order chi connectivity index (χ0) is 19.5. The molecule has 0 saturated heterocycles. The number of carbonyl (C=O) groups is 1. The number of allylic oxidation sites excluding steroid dienone is 2. The van der Waals surface area contributed by atoms with Crippen LogP contribution in [0.25, 0.3) is 11.4 Å². The maximum Gasteiger partial charge on any atom is 0.237 e. The van der Waals surface area contributed by atoms with Crippen molar-refractivity contribution in [2.45, 2.75) is 49.7 Å². The number of amides is 1. The van der Waals surface area contributed by atoms with E-state index in [-0.39, 0.29) is 5.91 Å². The molecule has 0 unspecified atom stereocenters. The minimum absolute atomic E-state index is 0.187. The van der Waals surface area contributed by atoms with Crippen molar-refractivity contribution in [3.63, 3.8) is 0 Å². The maximum absolute atomic E-state index is 13.0. The predicted octanol–water partition coefficient (Wildman–Crippen LogP) is 4.03. The Morgan fingerprint density at radius 1 is 1.32 bits per heavy atom. The fraction of sp³-hybridized carbons (Fsp3) is 0.476. The van der Waals surface area contributed by atoms with E-state index in [0.29, 0.717) is 11.8 Å². The fourth-order valence-corrected chi connectivity index (χ4v) is 4.39. The molecule has 2 aliphatic rings. The summed E-state index contributed by atoms with van der Waals surface area (Å²) in [6.45, 7) is 0. The van der Waals surface area contributed by atoms with Gasteiger partial charge in [0.2, 0.25) is 5.91 Å². The van der Waals surface area contributed by atoms with Crippen molar-refractivity contribution in [1.82, 2.24) is 19.7 Å². The molecule has 7 heteroatoms. The van der Waals surface area contributed by atoms with Crippen molar-refractivity contribution in [3.05, 3.63) is 36.0 Å². The van der Waals surface area contributed by atoms with E-state index in [1.165, 1.54) is 30.3 Å². The van der Waals surface area contributed by atoms with Gasteiger partial charge in [-0.2, -0.15) is 0 Å². The molecule has 6 nitrogen and oxygen atoms in total. The van der Waals surface area contributed by atoms with Crippen molar-refractivity contribution < 1.29 is 9.53 Å². The molecule has 0 spiro atoms. The Morgan fingerprint density at radius 2 is 2.18 bits per heavy atom. The Kier molecular flexibility index (Phi) is 5.71. The molecule has 4 rings (SSSR count). The normalized spacial score (nSPS) is 16.6. The van der Waals surface area contributed by atoms with Gasteiger partial charge in [-0.25, -0.2) is 0 Å². The van der Waals surface area contributed by atoms with Crippen LogP contribution in [0, 0.1) is 0 Å². The molecule has 1 heterocycles. The molecule has 1 saturated carbocycles. The average molecular weight is 399 g/mol. The summed E-state index contributed by atoms with van der Waals surface area (Å²) >= 11 is 1.46. The first kappa shape index (κ1) is 19.1. The largest absolute Gasteiger partial charge is 0.497 e. The topological polar surface area (TPSA) is 60.3 Å². The number of benzene rings is 1. The summed E-state index contributed by atoms with van der Waals surface area (Å²) in [7, 11) is 3.58. The molecule has 0 atom stereocenters. The molecule has 0 N–H and O–H groups in total. The molecule has 1 amide bonds. The Hall–Kier alpha value is -2.28. The lowest BCUT2D eigenvalue weighted by Gasteiger charge is -2.27. The van der Waals surface area contributed by atoms with Crippen LogP contribution in [-0.2, 0) is 11.8 Å². The molecule has 2 aliphatic carbocycles. The summed E-state index contributed by atoms with van der Waals surface area (Å²) in [4.78, 5) is 15.0. The van der Waals surface area contributed by atoms with Crippen LogP contribution in [0.1, 0.15) is 38.5 Å². The number of hydrogen-bond acceptors (Lipinski definition) is 5. The minimum Gasteiger partial charge on any atom is -0.497 e. The number of methoxy groups -OCH3 is 1. The second-order valence-corrected chi connectivity index (χ2v) is 8.26. The number of rotatable bonds is 7. The molecule has 1 fully saturated rings. The van der Waals surface area contributed by atoms with Gasteiger partial charge in [-0.3, -0.25) is 4.79 Å². The van der Waals surface area contributed by atoms with Gasteiger partial charge in [-0.05, 0) is 50.7 Å². The molecule has 1 aromatic carbocycles. The quantitative estimate of drug-likeness (QED) is 0.659. The highest BCUT2D eigenvalue weighted by Gasteiger charge is 2.35. The Balaban J connectivity index is 1.45. The van der Waals surface area contributed by atoms with Crippen molar-refractivity contribution >= 4 is 17.7 Å². The number of ether oxygens (including phenoxy) is 1. The number of hydrogen-bond donors (Lipinski definition) is 0. The highest BCUT2D eigenvalue weighted by atomic mass is 32.2. The van der Waals surface area contributed by atoms with Crippen LogP contribution in [0.15, 0.2) is 41.2 Å². The zero-order valence-corrected chi connectivity index (χ0v) is 17.2. The summed E-state index contributed by atoms with van der Waals surface area (Å²) in [6.07, 6.45) is 9.03. The Morgan fingerprint density at radius 3 is 2.89 bits per heavy atom. The van der Waals surface area contributed by atoms with E-state index in [9.17, 15) is 4.79 Å². The second kappa shape index (κ2) is 8.39. The minimum atomic E-state index is 0.187. The lowest BCUT2D eigenvalue weighted by molar-refractivity contribution is -0.127. The van der Waals surface area contributed by atoms with Gasteiger partial charge in [0.25, 0.3) is 0 Å². The summed E-state index contributed by atoms with van der Waals surface area (Å²) in [5, 5.41) is 9.37. The van der Waals surface area contributed by atoms with Crippen LogP contribution in [-0.4, -0.2) is 44.5 Å². The van der Waals surface area contributed by atoms with Gasteiger partial charge >= 0.3 is 0 Å². The van der Waals surface area contributed by atoms with Crippen molar-refractivity contribution in [1.29, 1.82) is 0 Å². The summed E-state index contributed by atoms with van der Waals surface area (Å²) in [5.74, 6) is 2.12. The van der Waals surface area contributed by atoms with E-state index < -0.39 is 0 Å². The first-order chi connectivity index (χ1) is 13.7. The van der Waals surface area contributed by atoms with E-state index in [2.05, 4.69) is 21.2 Å². The van der Waals surface area contributed by atoms with Gasteiger partial charge in [-0.1, -0.05) is 30.0 Å².